The molecule has 1 heterocycles. The molecule has 0 radical (unpaired) electrons. The molecular formula is C12H13BrN2S. The van der Waals surface area contributed by atoms with Gasteiger partial charge in [0.15, 0.2) is 4.77 Å². The van der Waals surface area contributed by atoms with E-state index in [0.717, 1.165) is 21.4 Å². The number of aromatic nitrogens is 2. The minimum Gasteiger partial charge on any atom is -0.337 e. The molecule has 0 unspecified atom stereocenters. The predicted octanol–water partition coefficient (Wildman–Crippen LogP) is 4.17. The van der Waals surface area contributed by atoms with E-state index in [1.54, 1.807) is 0 Å². The smallest absolute Gasteiger partial charge is 0.182 e. The van der Waals surface area contributed by atoms with E-state index in [1.165, 1.54) is 11.3 Å². The minimum absolute atomic E-state index is 0.737. The predicted molar refractivity (Wildman–Crippen MR) is 72.8 cm³/mol. The molecule has 2 nitrogen and oxygen atoms in total. The number of aryl methyl sites for hydroxylation is 2. The fourth-order valence-electron chi connectivity index (χ4n) is 1.72. The number of hydrogen-bond donors (Lipinski definition) is 1. The summed E-state index contributed by atoms with van der Waals surface area (Å²) in [4.78, 5) is 3.09. The highest BCUT2D eigenvalue weighted by Gasteiger charge is 2.07. The molecular weight excluding hydrogens is 284 g/mol. The van der Waals surface area contributed by atoms with Crippen molar-refractivity contribution in [1.29, 1.82) is 0 Å². The van der Waals surface area contributed by atoms with E-state index in [1.807, 2.05) is 6.20 Å². The Morgan fingerprint density at radius 3 is 2.81 bits per heavy atom. The Bertz CT molecular complexity index is 569. The van der Waals surface area contributed by atoms with Crippen LogP contribution in [0.15, 0.2) is 28.9 Å². The van der Waals surface area contributed by atoms with Crippen LogP contribution >= 0.6 is 28.1 Å². The fourth-order valence-corrected chi connectivity index (χ4v) is 2.67. The van der Waals surface area contributed by atoms with Crippen LogP contribution in [-0.4, -0.2) is 9.55 Å². The molecule has 1 N–H and O–H groups in total. The van der Waals surface area contributed by atoms with Gasteiger partial charge in [0.25, 0.3) is 0 Å². The number of nitrogens with zero attached hydrogens (tertiary/aromatic N) is 1. The second-order valence-corrected chi connectivity index (χ2v) is 4.97. The Kier molecular flexibility index (Phi) is 3.30. The number of benzene rings is 1. The lowest BCUT2D eigenvalue weighted by atomic mass is 10.2. The second-order valence-electron chi connectivity index (χ2n) is 3.73. The third kappa shape index (κ3) is 1.99. The number of H-pyrrole nitrogens is 1. The molecule has 0 fully saturated rings. The monoisotopic (exact) mass is 296 g/mol. The molecule has 0 spiro atoms. The Labute approximate surface area is 108 Å². The molecule has 0 saturated carbocycles. The summed E-state index contributed by atoms with van der Waals surface area (Å²) in [5.74, 6) is 0. The SMILES string of the molecule is CCc1c[nH]c(=S)n1-c1ccc(C)cc1Br. The summed E-state index contributed by atoms with van der Waals surface area (Å²) >= 11 is 8.89. The van der Waals surface area contributed by atoms with Crippen molar-refractivity contribution in [1.82, 2.24) is 9.55 Å². The second kappa shape index (κ2) is 4.55. The maximum Gasteiger partial charge on any atom is 0.182 e. The summed E-state index contributed by atoms with van der Waals surface area (Å²) in [7, 11) is 0. The number of imidazole rings is 1. The van der Waals surface area contributed by atoms with E-state index in [2.05, 4.69) is 57.5 Å². The summed E-state index contributed by atoms with van der Waals surface area (Å²) in [5, 5.41) is 0. The molecule has 0 atom stereocenters. The first-order valence-electron chi connectivity index (χ1n) is 5.19. The van der Waals surface area contributed by atoms with Crippen LogP contribution in [0.5, 0.6) is 0 Å². The van der Waals surface area contributed by atoms with Crippen LogP contribution in [0.3, 0.4) is 0 Å². The highest BCUT2D eigenvalue weighted by Crippen LogP contribution is 2.24. The molecule has 0 aliphatic heterocycles. The average molecular weight is 297 g/mol. The Morgan fingerprint density at radius 1 is 1.44 bits per heavy atom. The van der Waals surface area contributed by atoms with E-state index in [4.69, 9.17) is 12.2 Å². The molecule has 2 rings (SSSR count). The lowest BCUT2D eigenvalue weighted by molar-refractivity contribution is 0.917. The lowest BCUT2D eigenvalue weighted by Gasteiger charge is -2.09. The molecule has 0 aliphatic rings. The van der Waals surface area contributed by atoms with Gasteiger partial charge >= 0.3 is 0 Å². The van der Waals surface area contributed by atoms with Gasteiger partial charge in [0.1, 0.15) is 0 Å². The third-order valence-corrected chi connectivity index (χ3v) is 3.49. The Hall–Kier alpha value is -0.870. The molecule has 84 valence electrons. The van der Waals surface area contributed by atoms with E-state index in [9.17, 15) is 0 Å². The zero-order chi connectivity index (χ0) is 11.7. The topological polar surface area (TPSA) is 20.7 Å². The van der Waals surface area contributed by atoms with Gasteiger partial charge in [0.2, 0.25) is 0 Å². The zero-order valence-electron chi connectivity index (χ0n) is 9.25. The normalized spacial score (nSPS) is 10.7. The van der Waals surface area contributed by atoms with Gasteiger partial charge in [-0.2, -0.15) is 0 Å². The highest BCUT2D eigenvalue weighted by atomic mass is 79.9. The number of aromatic amines is 1. The molecule has 2 aromatic rings. The van der Waals surface area contributed by atoms with Crippen molar-refractivity contribution in [2.24, 2.45) is 0 Å². The molecule has 4 heteroatoms. The Balaban J connectivity index is 2.67. The van der Waals surface area contributed by atoms with Crippen LogP contribution in [0.25, 0.3) is 5.69 Å². The van der Waals surface area contributed by atoms with Crippen molar-refractivity contribution in [2.75, 3.05) is 0 Å². The Morgan fingerprint density at radius 2 is 2.19 bits per heavy atom. The third-order valence-electron chi connectivity index (χ3n) is 2.56. The van der Waals surface area contributed by atoms with Crippen LogP contribution in [0.4, 0.5) is 0 Å². The molecule has 0 saturated heterocycles. The van der Waals surface area contributed by atoms with Crippen molar-refractivity contribution in [3.8, 4) is 5.69 Å². The standard InChI is InChI=1S/C12H13BrN2S/c1-3-9-7-14-12(16)15(9)11-5-4-8(2)6-10(11)13/h4-7H,3H2,1-2H3,(H,14,16). The van der Waals surface area contributed by atoms with Crippen LogP contribution in [0.2, 0.25) is 0 Å². The number of hydrogen-bond acceptors (Lipinski definition) is 1. The van der Waals surface area contributed by atoms with Gasteiger partial charge in [0.05, 0.1) is 5.69 Å². The molecule has 0 bridgehead atoms. The van der Waals surface area contributed by atoms with Crippen LogP contribution in [0.1, 0.15) is 18.2 Å². The highest BCUT2D eigenvalue weighted by molar-refractivity contribution is 9.10. The van der Waals surface area contributed by atoms with Gasteiger partial charge in [-0.1, -0.05) is 13.0 Å². The number of rotatable bonds is 2. The van der Waals surface area contributed by atoms with Crippen molar-refractivity contribution < 1.29 is 0 Å². The molecule has 16 heavy (non-hydrogen) atoms. The van der Waals surface area contributed by atoms with E-state index < -0.39 is 0 Å². The van der Waals surface area contributed by atoms with Gasteiger partial charge < -0.3 is 4.98 Å². The maximum atomic E-state index is 5.30. The summed E-state index contributed by atoms with van der Waals surface area (Å²) in [6, 6.07) is 6.28. The van der Waals surface area contributed by atoms with Crippen molar-refractivity contribution >= 4 is 28.1 Å². The largest absolute Gasteiger partial charge is 0.337 e. The molecule has 0 aliphatic carbocycles. The van der Waals surface area contributed by atoms with Crippen molar-refractivity contribution in [3.63, 3.8) is 0 Å². The summed E-state index contributed by atoms with van der Waals surface area (Å²) in [6.07, 6.45) is 2.92. The van der Waals surface area contributed by atoms with Gasteiger partial charge in [-0.05, 0) is 59.2 Å². The van der Waals surface area contributed by atoms with Gasteiger partial charge in [-0.3, -0.25) is 4.57 Å². The maximum absolute atomic E-state index is 5.30. The van der Waals surface area contributed by atoms with E-state index >= 15 is 0 Å². The molecule has 0 amide bonds. The lowest BCUT2D eigenvalue weighted by Crippen LogP contribution is -2.00. The van der Waals surface area contributed by atoms with Gasteiger partial charge in [-0.15, -0.1) is 0 Å². The number of nitrogens with one attached hydrogen (secondary N) is 1. The fraction of sp³-hybridized carbons (Fsp3) is 0.250. The minimum atomic E-state index is 0.737. The summed E-state index contributed by atoms with van der Waals surface area (Å²) in [5.41, 5.74) is 3.51. The zero-order valence-corrected chi connectivity index (χ0v) is 11.7. The van der Waals surface area contributed by atoms with E-state index in [0.29, 0.717) is 0 Å². The quantitative estimate of drug-likeness (QED) is 0.825. The first-order chi connectivity index (χ1) is 7.63. The number of halogens is 1. The first kappa shape index (κ1) is 11.6. The van der Waals surface area contributed by atoms with Crippen LogP contribution in [-0.2, 0) is 6.42 Å². The first-order valence-corrected chi connectivity index (χ1v) is 6.39. The average Bonchev–Trinajstić information content (AvgIpc) is 2.60. The van der Waals surface area contributed by atoms with Crippen LogP contribution in [0, 0.1) is 11.7 Å². The van der Waals surface area contributed by atoms with E-state index in [-0.39, 0.29) is 0 Å². The summed E-state index contributed by atoms with van der Waals surface area (Å²) < 4.78 is 3.87. The van der Waals surface area contributed by atoms with Crippen molar-refractivity contribution in [3.05, 3.63) is 44.9 Å². The van der Waals surface area contributed by atoms with Gasteiger partial charge in [-0.25, -0.2) is 0 Å². The summed E-state index contributed by atoms with van der Waals surface area (Å²) in [6.45, 7) is 4.20. The molecule has 1 aromatic heterocycles. The van der Waals surface area contributed by atoms with Crippen molar-refractivity contribution in [2.45, 2.75) is 20.3 Å². The van der Waals surface area contributed by atoms with Gasteiger partial charge in [0, 0.05) is 16.4 Å². The molecule has 1 aromatic carbocycles. The van der Waals surface area contributed by atoms with Crippen LogP contribution < -0.4 is 0 Å².